The Morgan fingerprint density at radius 2 is 1.05 bits per heavy atom. The molecule has 0 radical (unpaired) electrons. The van der Waals surface area contributed by atoms with Gasteiger partial charge in [-0.3, -0.25) is 14.8 Å². The molecule has 0 saturated carbocycles. The Kier molecular flexibility index (Phi) is 11.7. The summed E-state index contributed by atoms with van der Waals surface area (Å²) in [6, 6.07) is 43.5. The van der Waals surface area contributed by atoms with Crippen LogP contribution in [0.2, 0.25) is 0 Å². The van der Waals surface area contributed by atoms with E-state index in [2.05, 4.69) is 63.5 Å². The molecule has 0 aliphatic rings. The summed E-state index contributed by atoms with van der Waals surface area (Å²) in [4.78, 5) is 49.5. The summed E-state index contributed by atoms with van der Waals surface area (Å²) in [5, 5.41) is 8.51. The number of esters is 1. The van der Waals surface area contributed by atoms with E-state index in [9.17, 15) is 9.59 Å². The highest BCUT2D eigenvalue weighted by molar-refractivity contribution is 6.03. The van der Waals surface area contributed by atoms with Crippen molar-refractivity contribution in [3.05, 3.63) is 175 Å². The van der Waals surface area contributed by atoms with E-state index in [1.54, 1.807) is 18.5 Å². The molecule has 8 aromatic rings. The number of methoxy groups -OCH3 is 1. The molecule has 4 aromatic carbocycles. The van der Waals surface area contributed by atoms with Gasteiger partial charge < -0.3 is 15.4 Å². The van der Waals surface area contributed by atoms with Crippen LogP contribution in [0, 0.1) is 0 Å². The van der Waals surface area contributed by atoms with E-state index in [1.807, 2.05) is 115 Å². The number of ether oxygens (including phenoxy) is 1. The fourth-order valence-corrected chi connectivity index (χ4v) is 6.07. The maximum Gasteiger partial charge on any atom is 0.330 e. The van der Waals surface area contributed by atoms with Crippen LogP contribution in [-0.4, -0.2) is 49.3 Å². The van der Waals surface area contributed by atoms with Gasteiger partial charge in [-0.2, -0.15) is 0 Å². The fourth-order valence-electron chi connectivity index (χ4n) is 6.07. The van der Waals surface area contributed by atoms with Crippen molar-refractivity contribution in [2.75, 3.05) is 17.7 Å². The highest BCUT2D eigenvalue weighted by Crippen LogP contribution is 2.34. The Hall–Kier alpha value is -7.66. The Morgan fingerprint density at radius 1 is 0.571 bits per heavy atom. The van der Waals surface area contributed by atoms with Crippen molar-refractivity contribution in [2.24, 2.45) is 0 Å². The fraction of sp³-hybridized carbons (Fsp3) is 0.0667. The van der Waals surface area contributed by atoms with Crippen molar-refractivity contribution >= 4 is 51.8 Å². The van der Waals surface area contributed by atoms with Gasteiger partial charge in [0.15, 0.2) is 17.9 Å². The number of aromatic nitrogens is 6. The number of aldehydes is 1. The summed E-state index contributed by atoms with van der Waals surface area (Å²) in [6.07, 6.45) is 7.04. The molecule has 274 valence electrons. The Balaban J connectivity index is 0.000000173. The predicted octanol–water partition coefficient (Wildman–Crippen LogP) is 8.61. The monoisotopic (exact) mass is 736 g/mol. The van der Waals surface area contributed by atoms with Gasteiger partial charge >= 0.3 is 5.97 Å². The number of hydrogen-bond donors (Lipinski definition) is 2. The molecule has 4 heterocycles. The van der Waals surface area contributed by atoms with Gasteiger partial charge in [0.25, 0.3) is 0 Å². The molecule has 0 unspecified atom stereocenters. The number of rotatable bonds is 11. The Bertz CT molecular complexity index is 2610. The third-order valence-corrected chi connectivity index (χ3v) is 8.65. The zero-order valence-corrected chi connectivity index (χ0v) is 30.4. The third kappa shape index (κ3) is 8.92. The molecule has 0 aliphatic heterocycles. The minimum atomic E-state index is -0.459. The third-order valence-electron chi connectivity index (χ3n) is 8.65. The maximum atomic E-state index is 11.5. The van der Waals surface area contributed by atoms with Crippen LogP contribution in [0.3, 0.4) is 0 Å². The lowest BCUT2D eigenvalue weighted by molar-refractivity contribution is -0.134. The molecular weight excluding hydrogens is 701 g/mol. The van der Waals surface area contributed by atoms with E-state index in [4.69, 9.17) is 0 Å². The number of pyridine rings is 2. The van der Waals surface area contributed by atoms with Crippen molar-refractivity contribution in [1.82, 2.24) is 29.9 Å². The summed E-state index contributed by atoms with van der Waals surface area (Å²) in [5.41, 5.74) is 7.49. The van der Waals surface area contributed by atoms with Crippen LogP contribution in [0.1, 0.15) is 27.8 Å². The number of nitrogens with zero attached hydrogens (tertiary/aromatic N) is 6. The first kappa shape index (κ1) is 36.7. The van der Waals surface area contributed by atoms with Crippen molar-refractivity contribution in [3.63, 3.8) is 0 Å². The standard InChI is InChI=1S/C24H20N4O2.C21H16N4O/c1-30-22(29)14-13-21-27-20-12-7-11-19(17-8-3-2-4-9-17)23(20)24(28-21)26-16-18-10-5-6-15-25-18;26-14-19-24-18-11-6-10-17(15-7-2-1-3-8-15)20(18)21(25-19)23-13-16-9-4-5-12-22-16/h2-15H,16H2,1H3,(H,26,27,28);1-12,14H,13H2,(H,23,24,25)/b14-13+;. The van der Waals surface area contributed by atoms with Crippen LogP contribution >= 0.6 is 0 Å². The summed E-state index contributed by atoms with van der Waals surface area (Å²) in [6.45, 7) is 1.02. The summed E-state index contributed by atoms with van der Waals surface area (Å²) < 4.78 is 4.67. The topological polar surface area (TPSA) is 145 Å². The van der Waals surface area contributed by atoms with Crippen molar-refractivity contribution in [1.29, 1.82) is 0 Å². The lowest BCUT2D eigenvalue weighted by Gasteiger charge is -2.13. The first-order valence-corrected chi connectivity index (χ1v) is 17.8. The number of nitrogens with one attached hydrogen (secondary N) is 2. The average Bonchev–Trinajstić information content (AvgIpc) is 3.27. The number of anilines is 2. The SMILES string of the molecule is COC(=O)/C=C/c1nc(NCc2ccccn2)c2c(-c3ccccc3)cccc2n1.O=Cc1nc(NCc2ccccn2)c2c(-c3ccccc3)cccc2n1. The molecule has 0 saturated heterocycles. The maximum absolute atomic E-state index is 11.5. The second-order valence-electron chi connectivity index (χ2n) is 12.3. The molecule has 2 N–H and O–H groups in total. The zero-order chi connectivity index (χ0) is 38.5. The number of carbonyl (C=O) groups is 2. The van der Waals surface area contributed by atoms with Crippen LogP contribution in [0.25, 0.3) is 50.1 Å². The first-order chi connectivity index (χ1) is 27.6. The van der Waals surface area contributed by atoms with Gasteiger partial charge in [-0.15, -0.1) is 0 Å². The quantitative estimate of drug-likeness (QED) is 0.0748. The van der Waals surface area contributed by atoms with Crippen molar-refractivity contribution < 1.29 is 14.3 Å². The van der Waals surface area contributed by atoms with Crippen LogP contribution in [0.15, 0.2) is 152 Å². The molecule has 0 atom stereocenters. The van der Waals surface area contributed by atoms with Gasteiger partial charge in [0.05, 0.1) is 53.4 Å². The highest BCUT2D eigenvalue weighted by atomic mass is 16.5. The van der Waals surface area contributed by atoms with Crippen LogP contribution in [-0.2, 0) is 22.6 Å². The number of hydrogen-bond acceptors (Lipinski definition) is 11. The van der Waals surface area contributed by atoms with Crippen LogP contribution in [0.5, 0.6) is 0 Å². The number of benzene rings is 4. The largest absolute Gasteiger partial charge is 0.466 e. The van der Waals surface area contributed by atoms with E-state index in [1.165, 1.54) is 13.2 Å². The first-order valence-electron chi connectivity index (χ1n) is 17.8. The van der Waals surface area contributed by atoms with Gasteiger partial charge in [-0.25, -0.2) is 24.7 Å². The molecule has 0 aliphatic carbocycles. The van der Waals surface area contributed by atoms with E-state index in [-0.39, 0.29) is 5.82 Å². The predicted molar refractivity (Wildman–Crippen MR) is 220 cm³/mol. The lowest BCUT2D eigenvalue weighted by Crippen LogP contribution is -2.07. The van der Waals surface area contributed by atoms with Gasteiger partial charge in [0.2, 0.25) is 0 Å². The molecule has 11 heteroatoms. The minimum Gasteiger partial charge on any atom is -0.466 e. The molecule has 56 heavy (non-hydrogen) atoms. The molecule has 0 amide bonds. The van der Waals surface area contributed by atoms with Gasteiger partial charge in [-0.05, 0) is 64.7 Å². The van der Waals surface area contributed by atoms with Gasteiger partial charge in [0, 0.05) is 18.5 Å². The van der Waals surface area contributed by atoms with Crippen molar-refractivity contribution in [3.8, 4) is 22.3 Å². The highest BCUT2D eigenvalue weighted by Gasteiger charge is 2.14. The summed E-state index contributed by atoms with van der Waals surface area (Å²) in [5.74, 6) is 1.42. The Labute approximate surface area is 323 Å². The zero-order valence-electron chi connectivity index (χ0n) is 30.4. The molecule has 4 aromatic heterocycles. The molecule has 0 spiro atoms. The molecule has 11 nitrogen and oxygen atoms in total. The van der Waals surface area contributed by atoms with Crippen LogP contribution < -0.4 is 10.6 Å². The summed E-state index contributed by atoms with van der Waals surface area (Å²) >= 11 is 0. The van der Waals surface area contributed by atoms with E-state index < -0.39 is 5.97 Å². The number of carbonyl (C=O) groups excluding carboxylic acids is 2. The molecule has 0 fully saturated rings. The smallest absolute Gasteiger partial charge is 0.330 e. The minimum absolute atomic E-state index is 0.159. The second-order valence-corrected chi connectivity index (χ2v) is 12.3. The number of fused-ring (bicyclic) bond motifs is 2. The Morgan fingerprint density at radius 3 is 1.52 bits per heavy atom. The molecule has 0 bridgehead atoms. The van der Waals surface area contributed by atoms with E-state index in [0.29, 0.717) is 36.8 Å². The molecule has 8 rings (SSSR count). The normalized spacial score (nSPS) is 10.8. The second kappa shape index (κ2) is 17.9. The van der Waals surface area contributed by atoms with Crippen LogP contribution in [0.4, 0.5) is 11.6 Å². The van der Waals surface area contributed by atoms with E-state index >= 15 is 0 Å². The average molecular weight is 737 g/mol. The van der Waals surface area contributed by atoms with Gasteiger partial charge in [-0.1, -0.05) is 97.1 Å². The van der Waals surface area contributed by atoms with Gasteiger partial charge in [0.1, 0.15) is 11.6 Å². The van der Waals surface area contributed by atoms with E-state index in [0.717, 1.165) is 55.4 Å². The summed E-state index contributed by atoms with van der Waals surface area (Å²) in [7, 11) is 1.33. The van der Waals surface area contributed by atoms with Crippen molar-refractivity contribution in [2.45, 2.75) is 13.1 Å². The lowest BCUT2D eigenvalue weighted by atomic mass is 10.0. The molecular formula is C45H36N8O3.